The minimum absolute atomic E-state index is 0.110. The Kier molecular flexibility index (Phi) is 6.79. The Bertz CT molecular complexity index is 1250. The second-order valence-corrected chi connectivity index (χ2v) is 8.85. The second kappa shape index (κ2) is 9.09. The standard InChI is InChI=1S/C19H11BrF6N2O4S/c20-13-3-6-16(32-19(24,25)26)17(8-13)33(29,30)28-14-7-12(9-27-10-14)11-1-4-15(5-2-11)31-18(21,22)23/h1-10,28H. The van der Waals surface area contributed by atoms with Gasteiger partial charge in [-0.25, -0.2) is 8.42 Å². The monoisotopic (exact) mass is 556 g/mol. The van der Waals surface area contributed by atoms with E-state index >= 15 is 0 Å². The number of nitrogens with zero attached hydrogens (tertiary/aromatic N) is 1. The number of hydrogen-bond acceptors (Lipinski definition) is 5. The Morgan fingerprint density at radius 2 is 1.45 bits per heavy atom. The Hall–Kier alpha value is -3.00. The van der Waals surface area contributed by atoms with E-state index in [-0.39, 0.29) is 10.2 Å². The lowest BCUT2D eigenvalue weighted by molar-refractivity contribution is -0.276. The molecule has 176 valence electrons. The van der Waals surface area contributed by atoms with E-state index in [1.54, 1.807) is 0 Å². The average molecular weight is 557 g/mol. The average Bonchev–Trinajstić information content (AvgIpc) is 2.67. The van der Waals surface area contributed by atoms with Gasteiger partial charge in [0.15, 0.2) is 0 Å². The van der Waals surface area contributed by atoms with E-state index in [0.29, 0.717) is 11.1 Å². The fraction of sp³-hybridized carbons (Fsp3) is 0.105. The van der Waals surface area contributed by atoms with Gasteiger partial charge >= 0.3 is 12.7 Å². The zero-order chi connectivity index (χ0) is 24.4. The van der Waals surface area contributed by atoms with Crippen LogP contribution in [0.3, 0.4) is 0 Å². The SMILES string of the molecule is O=S(=O)(Nc1cncc(-c2ccc(OC(F)(F)F)cc2)c1)c1cc(Br)ccc1OC(F)(F)F. The first-order valence-corrected chi connectivity index (χ1v) is 10.9. The summed E-state index contributed by atoms with van der Waals surface area (Å²) in [5, 5.41) is 0. The summed E-state index contributed by atoms with van der Waals surface area (Å²) in [6.07, 6.45) is -7.57. The fourth-order valence-electron chi connectivity index (χ4n) is 2.61. The van der Waals surface area contributed by atoms with E-state index in [4.69, 9.17) is 0 Å². The van der Waals surface area contributed by atoms with Crippen LogP contribution in [0.15, 0.2) is 70.3 Å². The molecule has 0 aliphatic rings. The van der Waals surface area contributed by atoms with Crippen molar-refractivity contribution in [3.8, 4) is 22.6 Å². The van der Waals surface area contributed by atoms with Crippen LogP contribution in [0, 0.1) is 0 Å². The molecule has 1 heterocycles. The van der Waals surface area contributed by atoms with Crippen LogP contribution < -0.4 is 14.2 Å². The van der Waals surface area contributed by atoms with Gasteiger partial charge in [-0.1, -0.05) is 28.1 Å². The number of sulfonamides is 1. The van der Waals surface area contributed by atoms with Crippen molar-refractivity contribution in [3.63, 3.8) is 0 Å². The summed E-state index contributed by atoms with van der Waals surface area (Å²) in [5.74, 6) is -1.40. The maximum atomic E-state index is 12.8. The predicted octanol–water partition coefficient (Wildman–Crippen LogP) is 6.11. The van der Waals surface area contributed by atoms with Crippen LogP contribution in [-0.2, 0) is 10.0 Å². The maximum Gasteiger partial charge on any atom is 0.573 e. The molecule has 0 aliphatic carbocycles. The van der Waals surface area contributed by atoms with Gasteiger partial charge in [0.05, 0.1) is 11.9 Å². The zero-order valence-electron chi connectivity index (χ0n) is 15.9. The molecule has 6 nitrogen and oxygen atoms in total. The first-order valence-electron chi connectivity index (χ1n) is 8.61. The number of halogens is 7. The molecule has 0 radical (unpaired) electrons. The molecular weight excluding hydrogens is 546 g/mol. The maximum absolute atomic E-state index is 12.8. The van der Waals surface area contributed by atoms with Gasteiger partial charge in [0.1, 0.15) is 16.4 Å². The van der Waals surface area contributed by atoms with Gasteiger partial charge in [-0.3, -0.25) is 9.71 Å². The van der Waals surface area contributed by atoms with E-state index < -0.39 is 39.1 Å². The van der Waals surface area contributed by atoms with Crippen molar-refractivity contribution in [3.05, 3.63) is 65.4 Å². The Morgan fingerprint density at radius 3 is 2.06 bits per heavy atom. The van der Waals surface area contributed by atoms with E-state index in [1.165, 1.54) is 30.5 Å². The van der Waals surface area contributed by atoms with Crippen molar-refractivity contribution < 1.29 is 44.2 Å². The molecule has 0 saturated carbocycles. The zero-order valence-corrected chi connectivity index (χ0v) is 18.3. The molecule has 1 N–H and O–H groups in total. The third-order valence-electron chi connectivity index (χ3n) is 3.83. The van der Waals surface area contributed by atoms with Crippen molar-refractivity contribution in [1.29, 1.82) is 0 Å². The van der Waals surface area contributed by atoms with Crippen molar-refractivity contribution >= 4 is 31.6 Å². The summed E-state index contributed by atoms with van der Waals surface area (Å²) < 4.78 is 110. The van der Waals surface area contributed by atoms with Crippen LogP contribution in [0.5, 0.6) is 11.5 Å². The highest BCUT2D eigenvalue weighted by molar-refractivity contribution is 9.10. The number of rotatable bonds is 6. The number of pyridine rings is 1. The van der Waals surface area contributed by atoms with Crippen LogP contribution in [0.25, 0.3) is 11.1 Å². The van der Waals surface area contributed by atoms with Gasteiger partial charge in [0, 0.05) is 16.2 Å². The fourth-order valence-corrected chi connectivity index (χ4v) is 4.31. The van der Waals surface area contributed by atoms with Gasteiger partial charge in [0.25, 0.3) is 10.0 Å². The number of anilines is 1. The number of alkyl halides is 6. The Morgan fingerprint density at radius 1 is 0.818 bits per heavy atom. The highest BCUT2D eigenvalue weighted by atomic mass is 79.9. The molecular formula is C19H11BrF6N2O4S. The molecule has 0 spiro atoms. The first-order chi connectivity index (χ1) is 15.2. The Balaban J connectivity index is 1.88. The largest absolute Gasteiger partial charge is 0.573 e. The molecule has 0 aliphatic heterocycles. The first kappa shape index (κ1) is 24.6. The van der Waals surface area contributed by atoms with Crippen LogP contribution >= 0.6 is 15.9 Å². The molecule has 3 aromatic rings. The number of nitrogens with one attached hydrogen (secondary N) is 1. The quantitative estimate of drug-likeness (QED) is 0.371. The lowest BCUT2D eigenvalue weighted by atomic mass is 10.1. The van der Waals surface area contributed by atoms with E-state index in [9.17, 15) is 34.8 Å². The molecule has 0 atom stereocenters. The van der Waals surface area contributed by atoms with E-state index in [1.807, 2.05) is 0 Å². The summed E-state index contributed by atoms with van der Waals surface area (Å²) >= 11 is 3.00. The molecule has 33 heavy (non-hydrogen) atoms. The normalized spacial score (nSPS) is 12.3. The predicted molar refractivity (Wildman–Crippen MR) is 108 cm³/mol. The number of hydrogen-bond donors (Lipinski definition) is 1. The molecule has 0 unspecified atom stereocenters. The number of aromatic nitrogens is 1. The van der Waals surface area contributed by atoms with E-state index in [0.717, 1.165) is 30.5 Å². The van der Waals surface area contributed by atoms with Crippen LogP contribution in [0.2, 0.25) is 0 Å². The van der Waals surface area contributed by atoms with Crippen molar-refractivity contribution in [2.75, 3.05) is 4.72 Å². The highest BCUT2D eigenvalue weighted by Gasteiger charge is 2.34. The molecule has 1 aromatic heterocycles. The highest BCUT2D eigenvalue weighted by Crippen LogP contribution is 2.33. The summed E-state index contributed by atoms with van der Waals surface area (Å²) in [6, 6.07) is 8.94. The minimum Gasteiger partial charge on any atom is -0.406 e. The van der Waals surface area contributed by atoms with Crippen molar-refractivity contribution in [1.82, 2.24) is 4.98 Å². The molecule has 14 heteroatoms. The minimum atomic E-state index is -5.12. The van der Waals surface area contributed by atoms with Crippen LogP contribution in [0.1, 0.15) is 0 Å². The Labute approximate surface area is 191 Å². The lowest BCUT2D eigenvalue weighted by Gasteiger charge is -2.15. The summed E-state index contributed by atoms with van der Waals surface area (Å²) in [6.45, 7) is 0. The van der Waals surface area contributed by atoms with Gasteiger partial charge in [-0.05, 0) is 42.0 Å². The van der Waals surface area contributed by atoms with E-state index in [2.05, 4.69) is 35.1 Å². The molecule has 2 aromatic carbocycles. The van der Waals surface area contributed by atoms with Gasteiger partial charge in [-0.15, -0.1) is 26.3 Å². The number of ether oxygens (including phenoxy) is 2. The van der Waals surface area contributed by atoms with Gasteiger partial charge in [0.2, 0.25) is 0 Å². The molecule has 0 saturated heterocycles. The summed E-state index contributed by atoms with van der Waals surface area (Å²) in [5.41, 5.74) is 0.581. The van der Waals surface area contributed by atoms with Crippen molar-refractivity contribution in [2.45, 2.75) is 17.6 Å². The molecule has 0 bridgehead atoms. The third-order valence-corrected chi connectivity index (χ3v) is 5.73. The van der Waals surface area contributed by atoms with Crippen molar-refractivity contribution in [2.24, 2.45) is 0 Å². The molecule has 0 amide bonds. The second-order valence-electron chi connectivity index (χ2n) is 6.28. The lowest BCUT2D eigenvalue weighted by Crippen LogP contribution is -2.21. The number of benzene rings is 2. The molecule has 0 fully saturated rings. The molecule has 3 rings (SSSR count). The summed E-state index contributed by atoms with van der Waals surface area (Å²) in [4.78, 5) is 3.08. The topological polar surface area (TPSA) is 77.5 Å². The summed E-state index contributed by atoms with van der Waals surface area (Å²) in [7, 11) is -4.55. The van der Waals surface area contributed by atoms with Gasteiger partial charge in [-0.2, -0.15) is 0 Å². The van der Waals surface area contributed by atoms with Gasteiger partial charge < -0.3 is 9.47 Å². The van der Waals surface area contributed by atoms with Crippen LogP contribution in [0.4, 0.5) is 32.0 Å². The third kappa shape index (κ3) is 6.99. The van der Waals surface area contributed by atoms with Crippen LogP contribution in [-0.4, -0.2) is 26.1 Å². The smallest absolute Gasteiger partial charge is 0.406 e.